The molecule has 0 aliphatic heterocycles. The van der Waals surface area contributed by atoms with E-state index in [2.05, 4.69) is 21.8 Å². The molecule has 0 saturated carbocycles. The Morgan fingerprint density at radius 2 is 2.38 bits per heavy atom. The normalized spacial score (nSPS) is 10.2. The number of furan rings is 1. The number of allylic oxidation sites excluding steroid dienone is 3. The number of amides is 1. The SMILES string of the molecule is C=C/C=C(/C=N)OC.O=CCC(=O)N/N=C/c1ccco1. The second kappa shape index (κ2) is 12.1. The van der Waals surface area contributed by atoms with Gasteiger partial charge in [0.15, 0.2) is 0 Å². The van der Waals surface area contributed by atoms with Crippen LogP contribution in [0.2, 0.25) is 0 Å². The molecule has 7 nitrogen and oxygen atoms in total. The van der Waals surface area contributed by atoms with E-state index in [4.69, 9.17) is 9.83 Å². The summed E-state index contributed by atoms with van der Waals surface area (Å²) in [5, 5.41) is 10.3. The van der Waals surface area contributed by atoms with E-state index >= 15 is 0 Å². The van der Waals surface area contributed by atoms with Gasteiger partial charge in [0, 0.05) is 0 Å². The van der Waals surface area contributed by atoms with Crippen LogP contribution in [0.4, 0.5) is 0 Å². The van der Waals surface area contributed by atoms with E-state index < -0.39 is 5.91 Å². The number of hydrogen-bond donors (Lipinski definition) is 2. The summed E-state index contributed by atoms with van der Waals surface area (Å²) in [6.45, 7) is 3.44. The highest BCUT2D eigenvalue weighted by molar-refractivity contribution is 5.88. The van der Waals surface area contributed by atoms with Gasteiger partial charge in [-0.1, -0.05) is 12.7 Å². The maximum Gasteiger partial charge on any atom is 0.247 e. The van der Waals surface area contributed by atoms with Gasteiger partial charge in [0.1, 0.15) is 17.8 Å². The second-order valence-corrected chi connectivity index (χ2v) is 3.33. The van der Waals surface area contributed by atoms with Crippen molar-refractivity contribution in [3.63, 3.8) is 0 Å². The quantitative estimate of drug-likeness (QED) is 0.199. The summed E-state index contributed by atoms with van der Waals surface area (Å²) >= 11 is 0. The van der Waals surface area contributed by atoms with Crippen molar-refractivity contribution < 1.29 is 18.7 Å². The molecule has 0 radical (unpaired) electrons. The molecular formula is C14H17N3O4. The van der Waals surface area contributed by atoms with Crippen LogP contribution in [0.15, 0.2) is 52.4 Å². The summed E-state index contributed by atoms with van der Waals surface area (Å²) in [6, 6.07) is 3.39. The van der Waals surface area contributed by atoms with Crippen LogP contribution in [0.3, 0.4) is 0 Å². The largest absolute Gasteiger partial charge is 0.495 e. The minimum Gasteiger partial charge on any atom is -0.495 e. The zero-order valence-corrected chi connectivity index (χ0v) is 11.6. The Bertz CT molecular complexity index is 504. The van der Waals surface area contributed by atoms with Crippen molar-refractivity contribution in [3.8, 4) is 0 Å². The van der Waals surface area contributed by atoms with E-state index in [9.17, 15) is 9.59 Å². The molecule has 0 spiro atoms. The lowest BCUT2D eigenvalue weighted by Gasteiger charge is -1.92. The Morgan fingerprint density at radius 3 is 2.81 bits per heavy atom. The monoisotopic (exact) mass is 291 g/mol. The van der Waals surface area contributed by atoms with Crippen LogP contribution in [0.5, 0.6) is 0 Å². The molecule has 112 valence electrons. The average Bonchev–Trinajstić information content (AvgIpc) is 2.99. The predicted octanol–water partition coefficient (Wildman–Crippen LogP) is 1.67. The molecule has 2 N–H and O–H groups in total. The molecule has 0 fully saturated rings. The van der Waals surface area contributed by atoms with Gasteiger partial charge in [0.05, 0.1) is 32.2 Å². The van der Waals surface area contributed by atoms with Crippen molar-refractivity contribution in [1.29, 1.82) is 5.41 Å². The van der Waals surface area contributed by atoms with E-state index in [0.29, 0.717) is 17.8 Å². The summed E-state index contributed by atoms with van der Waals surface area (Å²) in [5.74, 6) is 0.601. The zero-order valence-electron chi connectivity index (χ0n) is 11.6. The molecule has 0 aromatic carbocycles. The number of carbonyl (C=O) groups excluding carboxylic acids is 2. The zero-order chi connectivity index (χ0) is 15.9. The van der Waals surface area contributed by atoms with Crippen molar-refractivity contribution in [2.75, 3.05) is 7.11 Å². The van der Waals surface area contributed by atoms with Gasteiger partial charge in [0.25, 0.3) is 0 Å². The number of hydrogen-bond acceptors (Lipinski definition) is 6. The van der Waals surface area contributed by atoms with E-state index in [1.807, 2.05) is 0 Å². The molecule has 0 aliphatic rings. The number of ether oxygens (including phenoxy) is 1. The molecule has 0 unspecified atom stereocenters. The van der Waals surface area contributed by atoms with Gasteiger partial charge >= 0.3 is 0 Å². The summed E-state index contributed by atoms with van der Waals surface area (Å²) in [5.41, 5.74) is 2.16. The first-order chi connectivity index (χ1) is 10.2. The van der Waals surface area contributed by atoms with Crippen molar-refractivity contribution in [1.82, 2.24) is 5.43 Å². The molecule has 1 amide bonds. The van der Waals surface area contributed by atoms with Gasteiger partial charge in [-0.25, -0.2) is 5.43 Å². The van der Waals surface area contributed by atoms with Crippen LogP contribution >= 0.6 is 0 Å². The van der Waals surface area contributed by atoms with Gasteiger partial charge in [-0.2, -0.15) is 5.10 Å². The second-order valence-electron chi connectivity index (χ2n) is 3.33. The lowest BCUT2D eigenvalue weighted by molar-refractivity contribution is -0.123. The van der Waals surface area contributed by atoms with Crippen molar-refractivity contribution in [3.05, 3.63) is 48.6 Å². The summed E-state index contributed by atoms with van der Waals surface area (Å²) in [7, 11) is 1.51. The molecule has 7 heteroatoms. The average molecular weight is 291 g/mol. The topological polar surface area (TPSA) is 105 Å². The molecule has 0 aliphatic carbocycles. The third-order valence-electron chi connectivity index (χ3n) is 1.85. The highest BCUT2D eigenvalue weighted by Gasteiger charge is 1.95. The fraction of sp³-hybridized carbons (Fsp3) is 0.143. The minimum atomic E-state index is -0.446. The Balaban J connectivity index is 0.000000433. The predicted molar refractivity (Wildman–Crippen MR) is 79.2 cm³/mol. The van der Waals surface area contributed by atoms with Crippen molar-refractivity contribution in [2.24, 2.45) is 5.10 Å². The number of nitrogens with one attached hydrogen (secondary N) is 2. The van der Waals surface area contributed by atoms with Gasteiger partial charge < -0.3 is 19.4 Å². The Morgan fingerprint density at radius 1 is 1.62 bits per heavy atom. The summed E-state index contributed by atoms with van der Waals surface area (Å²) in [4.78, 5) is 20.6. The van der Waals surface area contributed by atoms with Crippen LogP contribution in [-0.4, -0.2) is 31.7 Å². The van der Waals surface area contributed by atoms with Crippen LogP contribution in [0.1, 0.15) is 12.2 Å². The van der Waals surface area contributed by atoms with Crippen LogP contribution in [0.25, 0.3) is 0 Å². The number of methoxy groups -OCH3 is 1. The maximum absolute atomic E-state index is 10.7. The first-order valence-corrected chi connectivity index (χ1v) is 5.84. The Hall–Kier alpha value is -2.96. The summed E-state index contributed by atoms with van der Waals surface area (Å²) in [6.07, 6.45) is 7.49. The minimum absolute atomic E-state index is 0.185. The first kappa shape index (κ1) is 18.0. The molecule has 1 aromatic rings. The van der Waals surface area contributed by atoms with Gasteiger partial charge in [0.2, 0.25) is 5.91 Å². The molecular weight excluding hydrogens is 274 g/mol. The highest BCUT2D eigenvalue weighted by atomic mass is 16.5. The number of carbonyl (C=O) groups is 2. The third-order valence-corrected chi connectivity index (χ3v) is 1.85. The molecule has 0 saturated heterocycles. The smallest absolute Gasteiger partial charge is 0.247 e. The van der Waals surface area contributed by atoms with E-state index in [-0.39, 0.29) is 6.42 Å². The first-order valence-electron chi connectivity index (χ1n) is 5.84. The van der Waals surface area contributed by atoms with Gasteiger partial charge in [-0.05, 0) is 18.2 Å². The molecule has 1 heterocycles. The number of hydrazone groups is 1. The number of nitrogens with zero attached hydrogens (tertiary/aromatic N) is 1. The molecule has 0 atom stereocenters. The van der Waals surface area contributed by atoms with Crippen LogP contribution in [-0.2, 0) is 14.3 Å². The molecule has 0 bridgehead atoms. The molecule has 1 rings (SSSR count). The lowest BCUT2D eigenvalue weighted by Crippen LogP contribution is -2.17. The summed E-state index contributed by atoms with van der Waals surface area (Å²) < 4.78 is 9.59. The Kier molecular flexibility index (Phi) is 10.4. The van der Waals surface area contributed by atoms with Gasteiger partial charge in [-0.15, -0.1) is 0 Å². The fourth-order valence-corrected chi connectivity index (χ4v) is 0.945. The standard InChI is InChI=1S/C8H8N2O3.C6H9NO/c11-4-3-8(12)10-9-6-7-2-1-5-13-7;1-3-4-6(5-7)8-2/h1-2,4-6H,3H2,(H,10,12);3-5,7H,1H2,2H3/b9-6+;6-4-,7-5?. The number of aldehydes is 1. The van der Waals surface area contributed by atoms with Gasteiger partial charge in [-0.3, -0.25) is 4.79 Å². The van der Waals surface area contributed by atoms with Crippen molar-refractivity contribution >= 4 is 24.6 Å². The van der Waals surface area contributed by atoms with Crippen molar-refractivity contribution in [2.45, 2.75) is 6.42 Å². The van der Waals surface area contributed by atoms with E-state index in [1.165, 1.54) is 19.6 Å². The Labute approximate surface area is 122 Å². The van der Waals surface area contributed by atoms with Crippen LogP contribution < -0.4 is 5.43 Å². The van der Waals surface area contributed by atoms with Crippen LogP contribution in [0, 0.1) is 5.41 Å². The third kappa shape index (κ3) is 9.60. The maximum atomic E-state index is 10.7. The lowest BCUT2D eigenvalue weighted by atomic mass is 10.4. The number of rotatable bonds is 7. The molecule has 1 aromatic heterocycles. The highest BCUT2D eigenvalue weighted by Crippen LogP contribution is 1.94. The molecule has 21 heavy (non-hydrogen) atoms. The fourth-order valence-electron chi connectivity index (χ4n) is 0.945. The van der Waals surface area contributed by atoms with E-state index in [1.54, 1.807) is 24.3 Å². The van der Waals surface area contributed by atoms with E-state index in [0.717, 1.165) is 6.21 Å².